The minimum Gasteiger partial charge on any atom is -0.506 e. The van der Waals surface area contributed by atoms with Crippen molar-refractivity contribution >= 4 is 64.1 Å². The van der Waals surface area contributed by atoms with Gasteiger partial charge in [-0.05, 0) is 49.0 Å². The molecule has 0 spiro atoms. The van der Waals surface area contributed by atoms with Crippen LogP contribution >= 0.6 is 35.4 Å². The third kappa shape index (κ3) is 3.31. The fourth-order valence-corrected chi connectivity index (χ4v) is 3.33. The summed E-state index contributed by atoms with van der Waals surface area (Å²) >= 11 is 17.0. The van der Waals surface area contributed by atoms with Crippen LogP contribution in [-0.4, -0.2) is 22.0 Å². The number of thiocarbonyl (C=S) groups is 1. The highest BCUT2D eigenvalue weighted by molar-refractivity contribution is 7.80. The van der Waals surface area contributed by atoms with E-state index in [1.807, 2.05) is 19.1 Å². The van der Waals surface area contributed by atoms with Crippen LogP contribution in [0.25, 0.3) is 6.08 Å². The van der Waals surface area contributed by atoms with Crippen molar-refractivity contribution in [2.45, 2.75) is 6.92 Å². The van der Waals surface area contributed by atoms with E-state index in [1.165, 1.54) is 23.1 Å². The van der Waals surface area contributed by atoms with Gasteiger partial charge >= 0.3 is 0 Å². The average Bonchev–Trinajstić information content (AvgIpc) is 2.57. The first kappa shape index (κ1) is 18.4. The quantitative estimate of drug-likeness (QED) is 0.451. The fraction of sp³-hybridized carbons (Fsp3) is 0.0556. The first-order valence-electron chi connectivity index (χ1n) is 7.44. The molecule has 1 aliphatic rings. The van der Waals surface area contributed by atoms with Crippen LogP contribution in [0, 0.1) is 6.92 Å². The van der Waals surface area contributed by atoms with Gasteiger partial charge in [0.15, 0.2) is 5.11 Å². The molecule has 0 radical (unpaired) electrons. The highest BCUT2D eigenvalue weighted by Gasteiger charge is 2.35. The molecule has 2 N–H and O–H groups in total. The van der Waals surface area contributed by atoms with Gasteiger partial charge in [0, 0.05) is 10.6 Å². The van der Waals surface area contributed by atoms with Gasteiger partial charge in [0.2, 0.25) is 0 Å². The predicted octanol–water partition coefficient (Wildman–Crippen LogP) is 3.84. The van der Waals surface area contributed by atoms with Crippen molar-refractivity contribution in [3.8, 4) is 5.75 Å². The van der Waals surface area contributed by atoms with Gasteiger partial charge in [-0.2, -0.15) is 0 Å². The van der Waals surface area contributed by atoms with Gasteiger partial charge in [0.25, 0.3) is 11.8 Å². The molecule has 1 fully saturated rings. The predicted molar refractivity (Wildman–Crippen MR) is 106 cm³/mol. The molecule has 2 amide bonds. The SMILES string of the molecule is Cc1ccccc1N1C(=O)C(=Cc2cc(Cl)cc(Cl)c2O)C(=O)NC1=S. The van der Waals surface area contributed by atoms with Gasteiger partial charge in [-0.3, -0.25) is 19.8 Å². The summed E-state index contributed by atoms with van der Waals surface area (Å²) in [5.74, 6) is -1.55. The number of phenols is 1. The number of benzene rings is 2. The van der Waals surface area contributed by atoms with Crippen molar-refractivity contribution in [2.75, 3.05) is 4.90 Å². The van der Waals surface area contributed by atoms with Crippen LogP contribution < -0.4 is 10.2 Å². The molecule has 0 saturated carbocycles. The standard InChI is InChI=1S/C18H12Cl2N2O3S/c1-9-4-2-3-5-14(9)22-17(25)12(16(24)21-18(22)26)7-10-6-11(19)8-13(20)15(10)23/h2-8,23H,1H3,(H,21,24,26). The molecular formula is C18H12Cl2N2O3S. The highest BCUT2D eigenvalue weighted by atomic mass is 35.5. The Bertz CT molecular complexity index is 988. The van der Waals surface area contributed by atoms with Crippen LogP contribution in [0.3, 0.4) is 0 Å². The van der Waals surface area contributed by atoms with E-state index in [-0.39, 0.29) is 32.0 Å². The number of aromatic hydroxyl groups is 1. The van der Waals surface area contributed by atoms with Crippen LogP contribution in [0.1, 0.15) is 11.1 Å². The van der Waals surface area contributed by atoms with Gasteiger partial charge < -0.3 is 5.11 Å². The van der Waals surface area contributed by atoms with Gasteiger partial charge in [0.1, 0.15) is 11.3 Å². The summed E-state index contributed by atoms with van der Waals surface area (Å²) in [4.78, 5) is 26.5. The van der Waals surface area contributed by atoms with E-state index in [0.29, 0.717) is 5.69 Å². The normalized spacial score (nSPS) is 16.2. The molecule has 5 nitrogen and oxygen atoms in total. The molecule has 0 unspecified atom stereocenters. The smallest absolute Gasteiger partial charge is 0.270 e. The third-order valence-corrected chi connectivity index (χ3v) is 4.61. The first-order valence-corrected chi connectivity index (χ1v) is 8.61. The van der Waals surface area contributed by atoms with Crippen molar-refractivity contribution in [1.29, 1.82) is 0 Å². The molecule has 0 bridgehead atoms. The zero-order valence-corrected chi connectivity index (χ0v) is 15.7. The Morgan fingerprint density at radius 3 is 2.58 bits per heavy atom. The van der Waals surface area contributed by atoms with E-state index in [9.17, 15) is 14.7 Å². The Hall–Kier alpha value is -2.41. The topological polar surface area (TPSA) is 69.6 Å². The maximum absolute atomic E-state index is 12.9. The number of rotatable bonds is 2. The van der Waals surface area contributed by atoms with E-state index in [0.717, 1.165) is 5.56 Å². The Morgan fingerprint density at radius 1 is 1.19 bits per heavy atom. The van der Waals surface area contributed by atoms with Crippen molar-refractivity contribution in [3.05, 3.63) is 63.1 Å². The molecule has 2 aromatic rings. The largest absolute Gasteiger partial charge is 0.506 e. The molecule has 26 heavy (non-hydrogen) atoms. The van der Waals surface area contributed by atoms with Gasteiger partial charge in [-0.15, -0.1) is 0 Å². The number of aryl methyl sites for hydroxylation is 1. The number of amides is 2. The highest BCUT2D eigenvalue weighted by Crippen LogP contribution is 2.33. The molecule has 0 aromatic heterocycles. The number of hydrogen-bond donors (Lipinski definition) is 2. The van der Waals surface area contributed by atoms with E-state index < -0.39 is 11.8 Å². The summed E-state index contributed by atoms with van der Waals surface area (Å²) in [5, 5.41) is 12.8. The number of phenolic OH excluding ortho intramolecular Hbond substituents is 1. The summed E-state index contributed by atoms with van der Waals surface area (Å²) in [7, 11) is 0. The Labute approximate surface area is 164 Å². The van der Waals surface area contributed by atoms with E-state index in [4.69, 9.17) is 35.4 Å². The van der Waals surface area contributed by atoms with Crippen LogP contribution in [-0.2, 0) is 9.59 Å². The second kappa shape index (κ2) is 7.07. The lowest BCUT2D eigenvalue weighted by Gasteiger charge is -2.30. The Kier molecular flexibility index (Phi) is 5.00. The Morgan fingerprint density at radius 2 is 1.88 bits per heavy atom. The van der Waals surface area contributed by atoms with E-state index in [2.05, 4.69) is 5.32 Å². The summed E-state index contributed by atoms with van der Waals surface area (Å²) < 4.78 is 0. The molecule has 132 valence electrons. The molecule has 1 aliphatic heterocycles. The zero-order chi connectivity index (χ0) is 19.0. The van der Waals surface area contributed by atoms with E-state index in [1.54, 1.807) is 12.1 Å². The number of anilines is 1. The number of halogens is 2. The van der Waals surface area contributed by atoms with E-state index >= 15 is 0 Å². The molecule has 8 heteroatoms. The number of nitrogens with one attached hydrogen (secondary N) is 1. The number of hydrogen-bond acceptors (Lipinski definition) is 4. The monoisotopic (exact) mass is 406 g/mol. The third-order valence-electron chi connectivity index (χ3n) is 3.82. The molecule has 2 aromatic carbocycles. The van der Waals surface area contributed by atoms with Crippen molar-refractivity contribution < 1.29 is 14.7 Å². The Balaban J connectivity index is 2.11. The van der Waals surface area contributed by atoms with Crippen molar-refractivity contribution in [1.82, 2.24) is 5.32 Å². The first-order chi connectivity index (χ1) is 12.3. The van der Waals surface area contributed by atoms with Crippen molar-refractivity contribution in [3.63, 3.8) is 0 Å². The van der Waals surface area contributed by atoms with Crippen LogP contribution in [0.2, 0.25) is 10.0 Å². The number of carbonyl (C=O) groups is 2. The minimum absolute atomic E-state index is 0.0132. The number of nitrogens with zero attached hydrogens (tertiary/aromatic N) is 1. The summed E-state index contributed by atoms with van der Waals surface area (Å²) in [6.07, 6.45) is 1.23. The summed E-state index contributed by atoms with van der Waals surface area (Å²) in [5.41, 5.74) is 1.32. The van der Waals surface area contributed by atoms with Crippen LogP contribution in [0.4, 0.5) is 5.69 Å². The summed E-state index contributed by atoms with van der Waals surface area (Å²) in [6, 6.07) is 9.91. The minimum atomic E-state index is -0.666. The lowest BCUT2D eigenvalue weighted by Crippen LogP contribution is -2.54. The van der Waals surface area contributed by atoms with Crippen LogP contribution in [0.15, 0.2) is 42.0 Å². The zero-order valence-electron chi connectivity index (χ0n) is 13.4. The second-order valence-electron chi connectivity index (χ2n) is 5.57. The molecule has 0 aliphatic carbocycles. The maximum atomic E-state index is 12.9. The van der Waals surface area contributed by atoms with Gasteiger partial charge in [-0.1, -0.05) is 41.4 Å². The van der Waals surface area contributed by atoms with Gasteiger partial charge in [0.05, 0.1) is 10.7 Å². The number of para-hydroxylation sites is 1. The lowest BCUT2D eigenvalue weighted by molar-refractivity contribution is -0.122. The van der Waals surface area contributed by atoms with Crippen LogP contribution in [0.5, 0.6) is 5.75 Å². The maximum Gasteiger partial charge on any atom is 0.270 e. The number of carbonyl (C=O) groups excluding carboxylic acids is 2. The lowest BCUT2D eigenvalue weighted by atomic mass is 10.1. The molecule has 1 saturated heterocycles. The second-order valence-corrected chi connectivity index (χ2v) is 6.80. The molecule has 1 heterocycles. The molecular weight excluding hydrogens is 395 g/mol. The summed E-state index contributed by atoms with van der Waals surface area (Å²) in [6.45, 7) is 1.83. The fourth-order valence-electron chi connectivity index (χ4n) is 2.54. The van der Waals surface area contributed by atoms with Gasteiger partial charge in [-0.25, -0.2) is 0 Å². The average molecular weight is 407 g/mol. The van der Waals surface area contributed by atoms with Crippen molar-refractivity contribution in [2.24, 2.45) is 0 Å². The molecule has 0 atom stereocenters. The molecule has 3 rings (SSSR count).